The van der Waals surface area contributed by atoms with Crippen molar-refractivity contribution in [1.29, 1.82) is 0 Å². The van der Waals surface area contributed by atoms with Crippen LogP contribution in [0.2, 0.25) is 0 Å². The molecule has 1 fully saturated rings. The Balaban J connectivity index is 2.86. The maximum atomic E-state index is 11.3. The van der Waals surface area contributed by atoms with Gasteiger partial charge < -0.3 is 5.73 Å². The van der Waals surface area contributed by atoms with Gasteiger partial charge in [-0.25, -0.2) is 5.14 Å². The molecule has 5 nitrogen and oxygen atoms in total. The molecule has 6 heteroatoms. The van der Waals surface area contributed by atoms with Crippen LogP contribution in [0.1, 0.15) is 32.6 Å². The third-order valence-electron chi connectivity index (χ3n) is 3.63. The molecular weight excluding hydrogens is 214 g/mol. The minimum atomic E-state index is -3.64. The summed E-state index contributed by atoms with van der Waals surface area (Å²) in [6.07, 6.45) is 3.63. The Morgan fingerprint density at radius 3 is 2.20 bits per heavy atom. The summed E-state index contributed by atoms with van der Waals surface area (Å²) in [5.41, 5.74) is 5.26. The third kappa shape index (κ3) is 2.69. The predicted octanol–water partition coefficient (Wildman–Crippen LogP) is 0.0293. The van der Waals surface area contributed by atoms with E-state index in [4.69, 9.17) is 10.9 Å². The fourth-order valence-electron chi connectivity index (χ4n) is 2.22. The fourth-order valence-corrected chi connectivity index (χ4v) is 3.01. The van der Waals surface area contributed by atoms with E-state index in [1.807, 2.05) is 0 Å². The van der Waals surface area contributed by atoms with Gasteiger partial charge in [0.25, 0.3) is 10.2 Å². The van der Waals surface area contributed by atoms with Gasteiger partial charge in [-0.2, -0.15) is 12.7 Å². The zero-order chi connectivity index (χ0) is 11.7. The van der Waals surface area contributed by atoms with Crippen molar-refractivity contribution in [2.24, 2.45) is 16.8 Å². The van der Waals surface area contributed by atoms with Gasteiger partial charge in [-0.05, 0) is 31.6 Å². The molecule has 0 bridgehead atoms. The molecule has 0 aromatic carbocycles. The van der Waals surface area contributed by atoms with Gasteiger partial charge in [-0.3, -0.25) is 0 Å². The number of hydrogen-bond acceptors (Lipinski definition) is 3. The minimum absolute atomic E-state index is 0.340. The van der Waals surface area contributed by atoms with Gasteiger partial charge in [-0.1, -0.05) is 6.92 Å². The van der Waals surface area contributed by atoms with Crippen LogP contribution in [0.15, 0.2) is 0 Å². The van der Waals surface area contributed by atoms with Gasteiger partial charge in [0, 0.05) is 19.1 Å². The summed E-state index contributed by atoms with van der Waals surface area (Å²) in [5.74, 6) is 0.651. The van der Waals surface area contributed by atoms with Gasteiger partial charge >= 0.3 is 0 Å². The molecule has 0 spiro atoms. The number of nitrogens with zero attached hydrogens (tertiary/aromatic N) is 1. The first-order valence-corrected chi connectivity index (χ1v) is 6.79. The van der Waals surface area contributed by atoms with Crippen LogP contribution in [0.4, 0.5) is 0 Å². The van der Waals surface area contributed by atoms with Crippen LogP contribution in [0.5, 0.6) is 0 Å². The van der Waals surface area contributed by atoms with Crippen molar-refractivity contribution in [3.63, 3.8) is 0 Å². The molecule has 0 atom stereocenters. The quantitative estimate of drug-likeness (QED) is 0.723. The molecule has 1 aliphatic carbocycles. The Morgan fingerprint density at radius 1 is 1.40 bits per heavy atom. The fraction of sp³-hybridized carbons (Fsp3) is 1.00. The zero-order valence-corrected chi connectivity index (χ0v) is 10.3. The van der Waals surface area contributed by atoms with Gasteiger partial charge in [0.15, 0.2) is 0 Å². The second-order valence-corrected chi connectivity index (χ2v) is 6.20. The van der Waals surface area contributed by atoms with Crippen LogP contribution in [0.3, 0.4) is 0 Å². The Kier molecular flexibility index (Phi) is 3.76. The van der Waals surface area contributed by atoms with Crippen LogP contribution in [0, 0.1) is 5.92 Å². The highest BCUT2D eigenvalue weighted by Crippen LogP contribution is 2.35. The number of rotatable bonds is 3. The standard InChI is InChI=1S/C9H21N3O2S/c1-8-3-5-9(7-10,6-4-8)12(2)15(11,13)14/h8H,3-7,10H2,1-2H3,(H2,11,13,14). The van der Waals surface area contributed by atoms with E-state index in [2.05, 4.69) is 6.92 Å². The Labute approximate surface area is 92.0 Å². The van der Waals surface area contributed by atoms with Crippen molar-refractivity contribution in [3.8, 4) is 0 Å². The average molecular weight is 235 g/mol. The highest BCUT2D eigenvalue weighted by Gasteiger charge is 2.40. The van der Waals surface area contributed by atoms with Gasteiger partial charge in [0.05, 0.1) is 0 Å². The summed E-state index contributed by atoms with van der Waals surface area (Å²) in [6, 6.07) is 0. The van der Waals surface area contributed by atoms with Crippen LogP contribution in [0.25, 0.3) is 0 Å². The minimum Gasteiger partial charge on any atom is -0.329 e. The van der Waals surface area contributed by atoms with E-state index in [1.165, 1.54) is 11.4 Å². The maximum Gasteiger partial charge on any atom is 0.277 e. The van der Waals surface area contributed by atoms with Crippen LogP contribution in [-0.4, -0.2) is 31.9 Å². The first kappa shape index (κ1) is 12.9. The van der Waals surface area contributed by atoms with E-state index in [0.717, 1.165) is 25.7 Å². The smallest absolute Gasteiger partial charge is 0.277 e. The summed E-state index contributed by atoms with van der Waals surface area (Å²) in [7, 11) is -2.11. The van der Waals surface area contributed by atoms with Crippen molar-refractivity contribution < 1.29 is 8.42 Å². The summed E-state index contributed by atoms with van der Waals surface area (Å²) in [5, 5.41) is 5.15. The summed E-state index contributed by atoms with van der Waals surface area (Å²) in [6.45, 7) is 2.52. The summed E-state index contributed by atoms with van der Waals surface area (Å²) in [4.78, 5) is 0. The molecule has 1 saturated carbocycles. The number of nitrogens with two attached hydrogens (primary N) is 2. The van der Waals surface area contributed by atoms with E-state index in [1.54, 1.807) is 0 Å². The highest BCUT2D eigenvalue weighted by atomic mass is 32.2. The van der Waals surface area contributed by atoms with E-state index < -0.39 is 15.7 Å². The number of likely N-dealkylation sites (N-methyl/N-ethyl adjacent to an activating group) is 1. The summed E-state index contributed by atoms with van der Waals surface area (Å²) < 4.78 is 23.9. The lowest BCUT2D eigenvalue weighted by Gasteiger charge is -2.43. The van der Waals surface area contributed by atoms with Gasteiger partial charge in [-0.15, -0.1) is 0 Å². The first-order chi connectivity index (χ1) is 6.82. The topological polar surface area (TPSA) is 89.4 Å². The van der Waals surface area contributed by atoms with Crippen molar-refractivity contribution in [1.82, 2.24) is 4.31 Å². The molecule has 0 radical (unpaired) electrons. The second-order valence-electron chi connectivity index (χ2n) is 4.62. The Morgan fingerprint density at radius 2 is 1.87 bits per heavy atom. The van der Waals surface area contributed by atoms with Crippen molar-refractivity contribution >= 4 is 10.2 Å². The molecule has 4 N–H and O–H groups in total. The molecular formula is C9H21N3O2S. The monoisotopic (exact) mass is 235 g/mol. The molecule has 1 aliphatic rings. The normalized spacial score (nSPS) is 33.3. The van der Waals surface area contributed by atoms with E-state index in [0.29, 0.717) is 12.5 Å². The lowest BCUT2D eigenvalue weighted by atomic mass is 9.77. The van der Waals surface area contributed by atoms with Crippen LogP contribution in [-0.2, 0) is 10.2 Å². The highest BCUT2D eigenvalue weighted by molar-refractivity contribution is 7.86. The molecule has 0 aromatic rings. The number of hydrogen-bond donors (Lipinski definition) is 2. The molecule has 0 aliphatic heterocycles. The second kappa shape index (κ2) is 4.37. The van der Waals surface area contributed by atoms with Crippen LogP contribution < -0.4 is 10.9 Å². The lowest BCUT2D eigenvalue weighted by Crippen LogP contribution is -2.57. The first-order valence-electron chi connectivity index (χ1n) is 5.29. The molecule has 0 aromatic heterocycles. The van der Waals surface area contributed by atoms with E-state index in [9.17, 15) is 8.42 Å². The molecule has 1 rings (SSSR count). The molecule has 15 heavy (non-hydrogen) atoms. The lowest BCUT2D eigenvalue weighted by molar-refractivity contribution is 0.135. The molecule has 0 heterocycles. The van der Waals surface area contributed by atoms with Crippen LogP contribution >= 0.6 is 0 Å². The van der Waals surface area contributed by atoms with Gasteiger partial charge in [0.1, 0.15) is 0 Å². The molecule has 90 valence electrons. The average Bonchev–Trinajstić information content (AvgIpc) is 2.17. The largest absolute Gasteiger partial charge is 0.329 e. The van der Waals surface area contributed by atoms with Crippen molar-refractivity contribution in [2.75, 3.05) is 13.6 Å². The van der Waals surface area contributed by atoms with Gasteiger partial charge in [0.2, 0.25) is 0 Å². The maximum absolute atomic E-state index is 11.3. The Bertz CT molecular complexity index is 307. The zero-order valence-electron chi connectivity index (χ0n) is 9.44. The molecule has 0 unspecified atom stereocenters. The molecule has 0 amide bonds. The van der Waals surface area contributed by atoms with Crippen molar-refractivity contribution in [3.05, 3.63) is 0 Å². The van der Waals surface area contributed by atoms with E-state index >= 15 is 0 Å². The third-order valence-corrected chi connectivity index (χ3v) is 4.79. The SMILES string of the molecule is CC1CCC(CN)(N(C)S(N)(=O)=O)CC1. The van der Waals surface area contributed by atoms with Crippen molar-refractivity contribution in [2.45, 2.75) is 38.1 Å². The molecule has 0 saturated heterocycles. The van der Waals surface area contributed by atoms with E-state index in [-0.39, 0.29) is 0 Å². The Hall–Kier alpha value is -0.170. The predicted molar refractivity (Wildman–Crippen MR) is 60.3 cm³/mol. The summed E-state index contributed by atoms with van der Waals surface area (Å²) >= 11 is 0.